The number of aromatic nitrogens is 2. The van der Waals surface area contributed by atoms with Crippen molar-refractivity contribution in [3.05, 3.63) is 0 Å². The standard InChI is InChI=1S/C11H20N4O5S/c1-15(2)10-13-11(21-14-10)12-6-8(18)7(17)5(4-16)20-9(6)19-3/h5-9,16-18H,4H2,1-3H3,(H,12,13,14)/t5-,6-,7+,8-,9+/m1/s1. The van der Waals surface area contributed by atoms with Crippen molar-refractivity contribution < 1.29 is 24.8 Å². The maximum absolute atomic E-state index is 10.2. The van der Waals surface area contributed by atoms with Gasteiger partial charge in [-0.25, -0.2) is 0 Å². The molecule has 2 rings (SSSR count). The van der Waals surface area contributed by atoms with Crippen molar-refractivity contribution in [2.45, 2.75) is 30.6 Å². The normalized spacial score (nSPS) is 33.0. The molecule has 1 aromatic rings. The molecule has 2 heterocycles. The van der Waals surface area contributed by atoms with Crippen LogP contribution in [0.25, 0.3) is 0 Å². The third-order valence-electron chi connectivity index (χ3n) is 3.22. The molecule has 0 aliphatic carbocycles. The Morgan fingerprint density at radius 2 is 2.10 bits per heavy atom. The minimum absolute atomic E-state index is 0.408. The Morgan fingerprint density at radius 3 is 2.62 bits per heavy atom. The molecule has 0 aromatic carbocycles. The van der Waals surface area contributed by atoms with Gasteiger partial charge in [0.1, 0.15) is 24.4 Å². The van der Waals surface area contributed by atoms with Gasteiger partial charge in [0, 0.05) is 32.7 Å². The number of methoxy groups -OCH3 is 1. The highest BCUT2D eigenvalue weighted by molar-refractivity contribution is 7.09. The number of ether oxygens (including phenoxy) is 2. The first-order valence-corrected chi connectivity index (χ1v) is 7.18. The number of rotatable bonds is 5. The van der Waals surface area contributed by atoms with E-state index in [9.17, 15) is 10.2 Å². The van der Waals surface area contributed by atoms with Crippen molar-refractivity contribution in [2.24, 2.45) is 0 Å². The molecule has 120 valence electrons. The van der Waals surface area contributed by atoms with Crippen molar-refractivity contribution in [3.8, 4) is 0 Å². The zero-order valence-electron chi connectivity index (χ0n) is 12.0. The molecule has 0 saturated carbocycles. The number of aliphatic hydroxyl groups excluding tert-OH is 3. The Hall–Kier alpha value is -1.04. The minimum Gasteiger partial charge on any atom is -0.394 e. The first kappa shape index (κ1) is 16.3. The maximum atomic E-state index is 10.2. The lowest BCUT2D eigenvalue weighted by Gasteiger charge is -2.41. The van der Waals surface area contributed by atoms with Crippen LogP contribution in [-0.4, -0.2) is 83.1 Å². The molecule has 0 bridgehead atoms. The van der Waals surface area contributed by atoms with Crippen LogP contribution in [0.2, 0.25) is 0 Å². The molecule has 1 aliphatic rings. The summed E-state index contributed by atoms with van der Waals surface area (Å²) in [6.45, 7) is -0.408. The third-order valence-corrected chi connectivity index (χ3v) is 3.86. The molecule has 5 atom stereocenters. The van der Waals surface area contributed by atoms with Crippen LogP contribution < -0.4 is 10.2 Å². The van der Waals surface area contributed by atoms with E-state index in [0.29, 0.717) is 11.1 Å². The van der Waals surface area contributed by atoms with Gasteiger partial charge in [0.15, 0.2) is 6.29 Å². The molecule has 21 heavy (non-hydrogen) atoms. The fourth-order valence-corrected chi connectivity index (χ4v) is 2.72. The topological polar surface area (TPSA) is 120 Å². The summed E-state index contributed by atoms with van der Waals surface area (Å²) in [7, 11) is 5.06. The minimum atomic E-state index is -1.22. The summed E-state index contributed by atoms with van der Waals surface area (Å²) >= 11 is 1.13. The van der Waals surface area contributed by atoms with E-state index in [4.69, 9.17) is 14.6 Å². The van der Waals surface area contributed by atoms with E-state index in [0.717, 1.165) is 11.5 Å². The average Bonchev–Trinajstić information content (AvgIpc) is 2.93. The second-order valence-electron chi connectivity index (χ2n) is 4.91. The summed E-state index contributed by atoms with van der Waals surface area (Å²) in [6.07, 6.45) is -4.12. The van der Waals surface area contributed by atoms with E-state index in [2.05, 4.69) is 14.7 Å². The largest absolute Gasteiger partial charge is 0.394 e. The van der Waals surface area contributed by atoms with E-state index < -0.39 is 37.3 Å². The van der Waals surface area contributed by atoms with E-state index in [-0.39, 0.29) is 0 Å². The van der Waals surface area contributed by atoms with E-state index >= 15 is 0 Å². The molecule has 1 saturated heterocycles. The van der Waals surface area contributed by atoms with Crippen molar-refractivity contribution in [2.75, 3.05) is 38.0 Å². The van der Waals surface area contributed by atoms with Gasteiger partial charge in [-0.3, -0.25) is 0 Å². The van der Waals surface area contributed by atoms with Gasteiger partial charge in [-0.05, 0) is 0 Å². The van der Waals surface area contributed by atoms with Gasteiger partial charge < -0.3 is 35.0 Å². The zero-order chi connectivity index (χ0) is 15.6. The monoisotopic (exact) mass is 320 g/mol. The fraction of sp³-hybridized carbons (Fsp3) is 0.818. The van der Waals surface area contributed by atoms with Crippen molar-refractivity contribution in [1.82, 2.24) is 9.36 Å². The van der Waals surface area contributed by atoms with Crippen molar-refractivity contribution in [1.29, 1.82) is 0 Å². The highest BCUT2D eigenvalue weighted by Crippen LogP contribution is 2.26. The molecule has 9 nitrogen and oxygen atoms in total. The smallest absolute Gasteiger partial charge is 0.238 e. The lowest BCUT2D eigenvalue weighted by atomic mass is 9.97. The first-order chi connectivity index (χ1) is 9.97. The van der Waals surface area contributed by atoms with Crippen LogP contribution in [0.4, 0.5) is 11.1 Å². The number of hydrogen-bond donors (Lipinski definition) is 4. The van der Waals surface area contributed by atoms with Gasteiger partial charge in [-0.2, -0.15) is 9.36 Å². The number of hydrogen-bond acceptors (Lipinski definition) is 10. The van der Waals surface area contributed by atoms with E-state index in [1.54, 1.807) is 4.90 Å². The average molecular weight is 320 g/mol. The van der Waals surface area contributed by atoms with Gasteiger partial charge in [0.25, 0.3) is 0 Å². The first-order valence-electron chi connectivity index (χ1n) is 6.40. The van der Waals surface area contributed by atoms with Crippen LogP contribution in [-0.2, 0) is 9.47 Å². The van der Waals surface area contributed by atoms with Gasteiger partial charge in [-0.15, -0.1) is 0 Å². The molecule has 1 aliphatic heterocycles. The van der Waals surface area contributed by atoms with Crippen LogP contribution in [0.5, 0.6) is 0 Å². The SMILES string of the molecule is CO[C@H]1O[C@H](CO)[C@H](O)[C@H](O)[C@H]1Nc1nc(N(C)C)ns1. The number of anilines is 2. The zero-order valence-corrected chi connectivity index (χ0v) is 12.8. The van der Waals surface area contributed by atoms with Crippen LogP contribution in [0.3, 0.4) is 0 Å². The highest BCUT2D eigenvalue weighted by Gasteiger charge is 2.44. The van der Waals surface area contributed by atoms with Crippen LogP contribution in [0.15, 0.2) is 0 Å². The molecule has 0 amide bonds. The van der Waals surface area contributed by atoms with Crippen LogP contribution >= 0.6 is 11.5 Å². The molecular weight excluding hydrogens is 300 g/mol. The Bertz CT molecular complexity index is 458. The Morgan fingerprint density at radius 1 is 1.38 bits per heavy atom. The van der Waals surface area contributed by atoms with Crippen LogP contribution in [0.1, 0.15) is 0 Å². The summed E-state index contributed by atoms with van der Waals surface area (Å²) in [5, 5.41) is 32.7. The molecule has 1 fully saturated rings. The number of nitrogens with zero attached hydrogens (tertiary/aromatic N) is 3. The number of aliphatic hydroxyl groups is 3. The summed E-state index contributed by atoms with van der Waals surface area (Å²) < 4.78 is 14.7. The molecule has 0 radical (unpaired) electrons. The van der Waals surface area contributed by atoms with E-state index in [1.807, 2.05) is 14.1 Å². The quantitative estimate of drug-likeness (QED) is 0.512. The maximum Gasteiger partial charge on any atom is 0.238 e. The molecule has 0 unspecified atom stereocenters. The van der Waals surface area contributed by atoms with Crippen molar-refractivity contribution >= 4 is 22.6 Å². The highest BCUT2D eigenvalue weighted by atomic mass is 32.1. The Labute approximate surface area is 126 Å². The lowest BCUT2D eigenvalue weighted by Crippen LogP contribution is -2.61. The Balaban J connectivity index is 2.12. The van der Waals surface area contributed by atoms with Gasteiger partial charge in [0.05, 0.1) is 6.61 Å². The second kappa shape index (κ2) is 6.81. The third kappa shape index (κ3) is 3.42. The lowest BCUT2D eigenvalue weighted by molar-refractivity contribution is -0.254. The van der Waals surface area contributed by atoms with Crippen LogP contribution in [0, 0.1) is 0 Å². The van der Waals surface area contributed by atoms with Crippen molar-refractivity contribution in [3.63, 3.8) is 0 Å². The van der Waals surface area contributed by atoms with Gasteiger partial charge in [0.2, 0.25) is 11.1 Å². The summed E-state index contributed by atoms with van der Waals surface area (Å²) in [5.74, 6) is 0.538. The predicted molar refractivity (Wildman–Crippen MR) is 76.4 cm³/mol. The molecule has 0 spiro atoms. The van der Waals surface area contributed by atoms with Gasteiger partial charge >= 0.3 is 0 Å². The molecule has 1 aromatic heterocycles. The van der Waals surface area contributed by atoms with E-state index in [1.165, 1.54) is 7.11 Å². The predicted octanol–water partition coefficient (Wildman–Crippen LogP) is -1.53. The molecule has 4 N–H and O–H groups in total. The molecular formula is C11H20N4O5S. The number of nitrogens with one attached hydrogen (secondary N) is 1. The Kier molecular flexibility index (Phi) is 5.30. The fourth-order valence-electron chi connectivity index (χ4n) is 2.04. The summed E-state index contributed by atoms with van der Waals surface area (Å²) in [4.78, 5) is 5.99. The second-order valence-corrected chi connectivity index (χ2v) is 5.66. The summed E-state index contributed by atoms with van der Waals surface area (Å²) in [6, 6.07) is -0.726. The molecule has 10 heteroatoms. The summed E-state index contributed by atoms with van der Waals surface area (Å²) in [5.41, 5.74) is 0. The van der Waals surface area contributed by atoms with Gasteiger partial charge in [-0.1, -0.05) is 0 Å².